The summed E-state index contributed by atoms with van der Waals surface area (Å²) in [5.41, 5.74) is 1.74. The molecule has 1 N–H and O–H groups in total. The van der Waals surface area contributed by atoms with Crippen LogP contribution in [0, 0.1) is 0 Å². The Morgan fingerprint density at radius 2 is 2.05 bits per heavy atom. The van der Waals surface area contributed by atoms with Crippen LogP contribution in [0.1, 0.15) is 37.3 Å². The third kappa shape index (κ3) is 2.61. The summed E-state index contributed by atoms with van der Waals surface area (Å²) < 4.78 is 0. The van der Waals surface area contributed by atoms with E-state index in [0.717, 1.165) is 11.5 Å². The number of anilines is 1. The fourth-order valence-electron chi connectivity index (χ4n) is 2.68. The first-order chi connectivity index (χ1) is 9.78. The van der Waals surface area contributed by atoms with E-state index >= 15 is 0 Å². The van der Waals surface area contributed by atoms with Gasteiger partial charge in [0.2, 0.25) is 0 Å². The largest absolute Gasteiger partial charge is 0.373 e. The minimum atomic E-state index is 0.534. The zero-order valence-corrected chi connectivity index (χ0v) is 12.2. The highest BCUT2D eigenvalue weighted by atomic mass is 35.5. The van der Waals surface area contributed by atoms with E-state index < -0.39 is 0 Å². The van der Waals surface area contributed by atoms with E-state index in [1.54, 1.807) is 6.20 Å². The SMILES string of the molecule is CNc1cc(C2CCCC2)nc(-c2ncccc2Cl)n1. The van der Waals surface area contributed by atoms with Crippen LogP contribution in [-0.4, -0.2) is 22.0 Å². The first-order valence-electron chi connectivity index (χ1n) is 6.95. The summed E-state index contributed by atoms with van der Waals surface area (Å²) in [7, 11) is 1.87. The lowest BCUT2D eigenvalue weighted by molar-refractivity contribution is 0.695. The Hall–Kier alpha value is -1.68. The van der Waals surface area contributed by atoms with E-state index in [4.69, 9.17) is 16.6 Å². The molecule has 1 aliphatic carbocycles. The number of aromatic nitrogens is 3. The summed E-state index contributed by atoms with van der Waals surface area (Å²) in [4.78, 5) is 13.5. The molecule has 0 saturated heterocycles. The van der Waals surface area contributed by atoms with E-state index in [1.165, 1.54) is 25.7 Å². The van der Waals surface area contributed by atoms with Crippen LogP contribution in [0.25, 0.3) is 11.5 Å². The van der Waals surface area contributed by atoms with Gasteiger partial charge in [0, 0.05) is 30.9 Å². The van der Waals surface area contributed by atoms with Gasteiger partial charge in [0.25, 0.3) is 0 Å². The highest BCUT2D eigenvalue weighted by molar-refractivity contribution is 6.32. The average Bonchev–Trinajstić information content (AvgIpc) is 3.01. The Kier molecular flexibility index (Phi) is 3.83. The van der Waals surface area contributed by atoms with Crippen molar-refractivity contribution in [3.8, 4) is 11.5 Å². The van der Waals surface area contributed by atoms with Crippen molar-refractivity contribution in [2.24, 2.45) is 0 Å². The molecule has 0 atom stereocenters. The van der Waals surface area contributed by atoms with Crippen molar-refractivity contribution >= 4 is 17.4 Å². The third-order valence-electron chi connectivity index (χ3n) is 3.75. The lowest BCUT2D eigenvalue weighted by atomic mass is 10.0. The minimum Gasteiger partial charge on any atom is -0.373 e. The molecule has 4 nitrogen and oxygen atoms in total. The molecule has 0 amide bonds. The predicted molar refractivity (Wildman–Crippen MR) is 81.0 cm³/mol. The van der Waals surface area contributed by atoms with Crippen molar-refractivity contribution in [1.29, 1.82) is 0 Å². The Morgan fingerprint density at radius 1 is 1.25 bits per heavy atom. The molecule has 5 heteroatoms. The van der Waals surface area contributed by atoms with Crippen LogP contribution < -0.4 is 5.32 Å². The van der Waals surface area contributed by atoms with Gasteiger partial charge in [0.15, 0.2) is 5.82 Å². The van der Waals surface area contributed by atoms with Gasteiger partial charge in [-0.15, -0.1) is 0 Å². The first-order valence-corrected chi connectivity index (χ1v) is 7.33. The molecule has 2 aromatic rings. The number of nitrogens with zero attached hydrogens (tertiary/aromatic N) is 3. The second-order valence-corrected chi connectivity index (χ2v) is 5.47. The quantitative estimate of drug-likeness (QED) is 0.931. The molecular weight excluding hydrogens is 272 g/mol. The predicted octanol–water partition coefficient (Wildman–Crippen LogP) is 3.89. The van der Waals surface area contributed by atoms with E-state index in [1.807, 2.05) is 25.2 Å². The number of halogens is 1. The van der Waals surface area contributed by atoms with Gasteiger partial charge >= 0.3 is 0 Å². The first kappa shape index (κ1) is 13.3. The van der Waals surface area contributed by atoms with Crippen LogP contribution in [0.4, 0.5) is 5.82 Å². The number of hydrogen-bond donors (Lipinski definition) is 1. The summed E-state index contributed by atoms with van der Waals surface area (Å²) >= 11 is 6.20. The van der Waals surface area contributed by atoms with Crippen LogP contribution in [0.3, 0.4) is 0 Å². The third-order valence-corrected chi connectivity index (χ3v) is 4.05. The second-order valence-electron chi connectivity index (χ2n) is 5.07. The number of pyridine rings is 1. The minimum absolute atomic E-state index is 0.534. The molecular formula is C15H17ClN4. The summed E-state index contributed by atoms with van der Waals surface area (Å²) in [6.07, 6.45) is 6.68. The van der Waals surface area contributed by atoms with Gasteiger partial charge in [-0.05, 0) is 25.0 Å². The summed E-state index contributed by atoms with van der Waals surface area (Å²) in [5.74, 6) is 1.95. The highest BCUT2D eigenvalue weighted by Crippen LogP contribution is 2.35. The smallest absolute Gasteiger partial charge is 0.181 e. The van der Waals surface area contributed by atoms with Crippen LogP contribution in [0.2, 0.25) is 5.02 Å². The molecule has 0 bridgehead atoms. The monoisotopic (exact) mass is 288 g/mol. The van der Waals surface area contributed by atoms with Crippen molar-refractivity contribution in [3.05, 3.63) is 35.1 Å². The molecule has 1 fully saturated rings. The van der Waals surface area contributed by atoms with Gasteiger partial charge in [-0.25, -0.2) is 9.97 Å². The van der Waals surface area contributed by atoms with Crippen LogP contribution >= 0.6 is 11.6 Å². The zero-order chi connectivity index (χ0) is 13.9. The number of rotatable bonds is 3. The molecule has 1 aliphatic rings. The Labute approximate surface area is 123 Å². The van der Waals surface area contributed by atoms with Crippen molar-refractivity contribution in [2.45, 2.75) is 31.6 Å². The maximum Gasteiger partial charge on any atom is 0.181 e. The molecule has 2 heterocycles. The normalized spacial score (nSPS) is 15.5. The molecule has 20 heavy (non-hydrogen) atoms. The topological polar surface area (TPSA) is 50.7 Å². The summed E-state index contributed by atoms with van der Waals surface area (Å²) in [6, 6.07) is 5.66. The standard InChI is InChI=1S/C15H17ClN4/c1-17-13-9-12(10-5-2-3-6-10)19-15(20-13)14-11(16)7-4-8-18-14/h4,7-10H,2-3,5-6H2,1H3,(H,17,19,20). The van der Waals surface area contributed by atoms with E-state index in [-0.39, 0.29) is 0 Å². The van der Waals surface area contributed by atoms with Crippen molar-refractivity contribution in [1.82, 2.24) is 15.0 Å². The Morgan fingerprint density at radius 3 is 2.75 bits per heavy atom. The fourth-order valence-corrected chi connectivity index (χ4v) is 2.89. The average molecular weight is 289 g/mol. The highest BCUT2D eigenvalue weighted by Gasteiger charge is 2.21. The molecule has 1 saturated carbocycles. The van der Waals surface area contributed by atoms with Gasteiger partial charge in [-0.2, -0.15) is 0 Å². The van der Waals surface area contributed by atoms with Crippen LogP contribution in [-0.2, 0) is 0 Å². The molecule has 0 aliphatic heterocycles. The molecule has 0 unspecified atom stereocenters. The number of hydrogen-bond acceptors (Lipinski definition) is 4. The second kappa shape index (κ2) is 5.75. The molecule has 104 valence electrons. The van der Waals surface area contributed by atoms with Crippen molar-refractivity contribution in [2.75, 3.05) is 12.4 Å². The number of nitrogens with one attached hydrogen (secondary N) is 1. The Balaban J connectivity index is 2.06. The maximum absolute atomic E-state index is 6.20. The van der Waals surface area contributed by atoms with Gasteiger partial charge in [-0.1, -0.05) is 24.4 Å². The van der Waals surface area contributed by atoms with Gasteiger partial charge in [0.1, 0.15) is 11.5 Å². The van der Waals surface area contributed by atoms with E-state index in [9.17, 15) is 0 Å². The van der Waals surface area contributed by atoms with Crippen LogP contribution in [0.5, 0.6) is 0 Å². The lowest BCUT2D eigenvalue weighted by Crippen LogP contribution is -2.04. The molecule has 3 rings (SSSR count). The molecule has 2 aromatic heterocycles. The zero-order valence-electron chi connectivity index (χ0n) is 11.4. The van der Waals surface area contributed by atoms with E-state index in [2.05, 4.69) is 15.3 Å². The van der Waals surface area contributed by atoms with Gasteiger partial charge < -0.3 is 5.32 Å². The van der Waals surface area contributed by atoms with E-state index in [0.29, 0.717) is 22.5 Å². The van der Waals surface area contributed by atoms with Gasteiger partial charge in [-0.3, -0.25) is 4.98 Å². The lowest BCUT2D eigenvalue weighted by Gasteiger charge is -2.12. The van der Waals surface area contributed by atoms with Crippen molar-refractivity contribution < 1.29 is 0 Å². The molecule has 0 aromatic carbocycles. The van der Waals surface area contributed by atoms with Gasteiger partial charge in [0.05, 0.1) is 5.02 Å². The maximum atomic E-state index is 6.20. The summed E-state index contributed by atoms with van der Waals surface area (Å²) in [6.45, 7) is 0. The fraction of sp³-hybridized carbons (Fsp3) is 0.400. The summed E-state index contributed by atoms with van der Waals surface area (Å²) in [5, 5.41) is 3.68. The van der Waals surface area contributed by atoms with Crippen LogP contribution in [0.15, 0.2) is 24.4 Å². The van der Waals surface area contributed by atoms with Crippen molar-refractivity contribution in [3.63, 3.8) is 0 Å². The molecule has 0 spiro atoms. The molecule has 0 radical (unpaired) electrons. The Bertz CT molecular complexity index is 609.